The van der Waals surface area contributed by atoms with Gasteiger partial charge in [0.25, 0.3) is 5.78 Å². The molecule has 0 aliphatic carbocycles. The minimum atomic E-state index is -0.941. The maximum Gasteiger partial charge on any atom is 0.301 e. The van der Waals surface area contributed by atoms with Crippen LogP contribution in [0.15, 0.2) is 78.9 Å². The van der Waals surface area contributed by atoms with Crippen LogP contribution in [0, 0.1) is 0 Å². The lowest BCUT2D eigenvalue weighted by molar-refractivity contribution is -0.132. The molecule has 0 spiro atoms. The molecule has 1 N–H and O–H groups in total. The summed E-state index contributed by atoms with van der Waals surface area (Å²) in [5.74, 6) is 0.351. The summed E-state index contributed by atoms with van der Waals surface area (Å²) >= 11 is 1.27. The first kappa shape index (κ1) is 26.4. The minimum Gasteiger partial charge on any atom is -0.507 e. The first-order valence-corrected chi connectivity index (χ1v) is 13.9. The Kier molecular flexibility index (Phi) is 7.07. The van der Waals surface area contributed by atoms with Crippen LogP contribution in [-0.2, 0) is 9.59 Å². The van der Waals surface area contributed by atoms with E-state index in [2.05, 4.69) is 11.6 Å². The van der Waals surface area contributed by atoms with E-state index in [4.69, 9.17) is 18.9 Å². The standard InChI is InChI=1S/C31H26N2O7S/c1-3-13-38-20-8-5-18(6-9-20)27-26(28(34)19-7-12-23-24(16-19)40-15-14-39-23)29(35)30(36)33(27)31-32-22-11-10-21(37-4-2)17-25(22)41-31/h3,5-12,16-17,27,34H,1,4,13-15H2,2H3/b28-26+/t27-/m0/s1. The average Bonchev–Trinajstić information content (AvgIpc) is 3.53. The topological polar surface area (TPSA) is 107 Å². The number of fused-ring (bicyclic) bond motifs is 2. The van der Waals surface area contributed by atoms with Gasteiger partial charge in [0.1, 0.15) is 37.1 Å². The molecule has 10 heteroatoms. The first-order valence-electron chi connectivity index (χ1n) is 13.1. The lowest BCUT2D eigenvalue weighted by Crippen LogP contribution is -2.29. The Morgan fingerprint density at radius 2 is 1.80 bits per heavy atom. The van der Waals surface area contributed by atoms with Gasteiger partial charge < -0.3 is 24.1 Å². The molecular weight excluding hydrogens is 544 g/mol. The summed E-state index contributed by atoms with van der Waals surface area (Å²) < 4.78 is 23.3. The van der Waals surface area contributed by atoms with Gasteiger partial charge in [0, 0.05) is 5.56 Å². The predicted molar refractivity (Wildman–Crippen MR) is 155 cm³/mol. The number of aliphatic hydroxyl groups is 1. The molecule has 1 saturated heterocycles. The number of benzene rings is 3. The highest BCUT2D eigenvalue weighted by molar-refractivity contribution is 7.22. The molecule has 6 rings (SSSR count). The Bertz CT molecular complexity index is 1690. The van der Waals surface area contributed by atoms with E-state index in [0.717, 1.165) is 4.70 Å². The molecule has 0 unspecified atom stereocenters. The van der Waals surface area contributed by atoms with Crippen molar-refractivity contribution in [3.05, 3.63) is 90.0 Å². The molecule has 3 heterocycles. The number of carbonyl (C=O) groups excluding carboxylic acids is 2. The fourth-order valence-electron chi connectivity index (χ4n) is 4.85. The smallest absolute Gasteiger partial charge is 0.301 e. The van der Waals surface area contributed by atoms with Crippen molar-refractivity contribution < 1.29 is 33.6 Å². The van der Waals surface area contributed by atoms with E-state index >= 15 is 0 Å². The van der Waals surface area contributed by atoms with Crippen LogP contribution >= 0.6 is 11.3 Å². The number of nitrogens with zero attached hydrogens (tertiary/aromatic N) is 2. The maximum atomic E-state index is 13.6. The Hall–Kier alpha value is -4.83. The molecule has 2 aliphatic rings. The zero-order valence-electron chi connectivity index (χ0n) is 22.2. The van der Waals surface area contributed by atoms with Gasteiger partial charge in [-0.05, 0) is 61.0 Å². The first-order chi connectivity index (χ1) is 20.0. The van der Waals surface area contributed by atoms with Crippen LogP contribution in [-0.4, -0.2) is 48.2 Å². The number of aliphatic hydroxyl groups excluding tert-OH is 1. The SMILES string of the molecule is C=CCOc1ccc([C@H]2/C(=C(\O)c3ccc4c(c3)OCCO4)C(=O)C(=O)N2c2nc3ccc(OCC)cc3s2)cc1. The highest BCUT2D eigenvalue weighted by atomic mass is 32.1. The molecule has 1 atom stereocenters. The van der Waals surface area contributed by atoms with Crippen LogP contribution in [0.25, 0.3) is 16.0 Å². The van der Waals surface area contributed by atoms with Gasteiger partial charge >= 0.3 is 5.91 Å². The van der Waals surface area contributed by atoms with E-state index in [1.807, 2.05) is 25.1 Å². The largest absolute Gasteiger partial charge is 0.507 e. The van der Waals surface area contributed by atoms with Gasteiger partial charge in [-0.15, -0.1) is 0 Å². The number of anilines is 1. The van der Waals surface area contributed by atoms with Gasteiger partial charge in [-0.25, -0.2) is 4.98 Å². The second-order valence-electron chi connectivity index (χ2n) is 9.26. The average molecular weight is 571 g/mol. The number of Topliss-reactive ketones (excluding diaryl/α,β-unsaturated/α-hetero) is 1. The van der Waals surface area contributed by atoms with Crippen molar-refractivity contribution in [3.63, 3.8) is 0 Å². The van der Waals surface area contributed by atoms with Gasteiger partial charge in [0.15, 0.2) is 16.6 Å². The zero-order chi connectivity index (χ0) is 28.5. The maximum absolute atomic E-state index is 13.6. The van der Waals surface area contributed by atoms with E-state index in [-0.39, 0.29) is 11.3 Å². The van der Waals surface area contributed by atoms with Crippen LogP contribution in [0.5, 0.6) is 23.0 Å². The highest BCUT2D eigenvalue weighted by Gasteiger charge is 2.48. The van der Waals surface area contributed by atoms with Gasteiger partial charge in [-0.3, -0.25) is 14.5 Å². The number of carbonyl (C=O) groups is 2. The van der Waals surface area contributed by atoms with Crippen LogP contribution in [0.4, 0.5) is 5.13 Å². The number of ether oxygens (including phenoxy) is 4. The minimum absolute atomic E-state index is 0.0549. The van der Waals surface area contributed by atoms with Gasteiger partial charge in [-0.2, -0.15) is 0 Å². The molecular formula is C31H26N2O7S. The second-order valence-corrected chi connectivity index (χ2v) is 10.3. The lowest BCUT2D eigenvalue weighted by Gasteiger charge is -2.23. The molecule has 1 amide bonds. The third-order valence-electron chi connectivity index (χ3n) is 6.69. The Labute approximate surface area is 239 Å². The normalized spacial score (nSPS) is 17.6. The molecule has 0 saturated carbocycles. The van der Waals surface area contributed by atoms with E-state index in [1.165, 1.54) is 16.2 Å². The summed E-state index contributed by atoms with van der Waals surface area (Å²) in [7, 11) is 0. The summed E-state index contributed by atoms with van der Waals surface area (Å²) in [5, 5.41) is 11.9. The number of thiazole rings is 1. The van der Waals surface area contributed by atoms with Crippen molar-refractivity contribution in [2.24, 2.45) is 0 Å². The molecule has 41 heavy (non-hydrogen) atoms. The molecule has 4 aromatic rings. The van der Waals surface area contributed by atoms with E-state index in [9.17, 15) is 14.7 Å². The van der Waals surface area contributed by atoms with Crippen molar-refractivity contribution in [1.29, 1.82) is 0 Å². The van der Waals surface area contributed by atoms with Gasteiger partial charge in [-0.1, -0.05) is 36.1 Å². The molecule has 0 bridgehead atoms. The quantitative estimate of drug-likeness (QED) is 0.125. The third kappa shape index (κ3) is 4.87. The number of aromatic nitrogens is 1. The fraction of sp³-hybridized carbons (Fsp3) is 0.194. The molecule has 208 valence electrons. The summed E-state index contributed by atoms with van der Waals surface area (Å²) in [4.78, 5) is 33.2. The Morgan fingerprint density at radius 1 is 1.05 bits per heavy atom. The molecule has 3 aromatic carbocycles. The second kappa shape index (κ2) is 11.0. The lowest BCUT2D eigenvalue weighted by atomic mass is 9.95. The van der Waals surface area contributed by atoms with Crippen LogP contribution in [0.2, 0.25) is 0 Å². The Morgan fingerprint density at radius 3 is 2.56 bits per heavy atom. The number of hydrogen-bond donors (Lipinski definition) is 1. The van der Waals surface area contributed by atoms with Crippen molar-refractivity contribution in [2.45, 2.75) is 13.0 Å². The molecule has 2 aliphatic heterocycles. The molecule has 1 aromatic heterocycles. The zero-order valence-corrected chi connectivity index (χ0v) is 23.0. The molecule has 1 fully saturated rings. The van der Waals surface area contributed by atoms with Crippen molar-refractivity contribution in [1.82, 2.24) is 4.98 Å². The van der Waals surface area contributed by atoms with E-state index in [1.54, 1.807) is 48.5 Å². The number of rotatable bonds is 8. The Balaban J connectivity index is 1.48. The summed E-state index contributed by atoms with van der Waals surface area (Å²) in [6, 6.07) is 16.5. The summed E-state index contributed by atoms with van der Waals surface area (Å²) in [6.45, 7) is 7.19. The summed E-state index contributed by atoms with van der Waals surface area (Å²) in [6.07, 6.45) is 1.64. The van der Waals surface area contributed by atoms with Crippen LogP contribution in [0.3, 0.4) is 0 Å². The van der Waals surface area contributed by atoms with Crippen LogP contribution in [0.1, 0.15) is 24.1 Å². The van der Waals surface area contributed by atoms with Crippen LogP contribution < -0.4 is 23.8 Å². The third-order valence-corrected chi connectivity index (χ3v) is 7.71. The molecule has 0 radical (unpaired) electrons. The van der Waals surface area contributed by atoms with Gasteiger partial charge in [0.05, 0.1) is 28.4 Å². The number of amides is 1. The van der Waals surface area contributed by atoms with Crippen molar-refractivity contribution >= 4 is 44.1 Å². The summed E-state index contributed by atoms with van der Waals surface area (Å²) in [5.41, 5.74) is 1.53. The van der Waals surface area contributed by atoms with E-state index in [0.29, 0.717) is 71.2 Å². The molecule has 9 nitrogen and oxygen atoms in total. The van der Waals surface area contributed by atoms with Crippen molar-refractivity contribution in [2.75, 3.05) is 31.3 Å². The van der Waals surface area contributed by atoms with Gasteiger partial charge in [0.2, 0.25) is 0 Å². The number of ketones is 1. The predicted octanol–water partition coefficient (Wildman–Crippen LogP) is 5.66. The number of hydrogen-bond acceptors (Lipinski definition) is 9. The fourth-order valence-corrected chi connectivity index (χ4v) is 5.87. The monoisotopic (exact) mass is 570 g/mol. The highest BCUT2D eigenvalue weighted by Crippen LogP contribution is 2.45. The van der Waals surface area contributed by atoms with Crippen molar-refractivity contribution in [3.8, 4) is 23.0 Å². The van der Waals surface area contributed by atoms with E-state index < -0.39 is 17.7 Å².